The molecule has 0 aliphatic rings. The zero-order valence-electron chi connectivity index (χ0n) is 15.3. The third-order valence-electron chi connectivity index (χ3n) is 4.71. The molecule has 2 aromatic heterocycles. The van der Waals surface area contributed by atoms with Gasteiger partial charge in [0.25, 0.3) is 0 Å². The zero-order chi connectivity index (χ0) is 19.0. The Kier molecular flexibility index (Phi) is 4.95. The van der Waals surface area contributed by atoms with Crippen molar-refractivity contribution in [1.29, 1.82) is 0 Å². The van der Waals surface area contributed by atoms with Gasteiger partial charge in [-0.1, -0.05) is 34.1 Å². The van der Waals surface area contributed by atoms with Crippen molar-refractivity contribution >= 4 is 37.8 Å². The Labute approximate surface area is 166 Å². The number of rotatable bonds is 5. The first-order valence-corrected chi connectivity index (χ1v) is 9.69. The largest absolute Gasteiger partial charge is 0.453 e. The summed E-state index contributed by atoms with van der Waals surface area (Å²) in [6.07, 6.45) is 0.814. The van der Waals surface area contributed by atoms with E-state index in [-0.39, 0.29) is 6.04 Å². The minimum absolute atomic E-state index is 0.102. The van der Waals surface area contributed by atoms with Gasteiger partial charge in [-0.2, -0.15) is 0 Å². The van der Waals surface area contributed by atoms with Gasteiger partial charge in [-0.05, 0) is 57.4 Å². The van der Waals surface area contributed by atoms with E-state index in [0.717, 1.165) is 38.5 Å². The summed E-state index contributed by atoms with van der Waals surface area (Å²) in [6, 6.07) is 16.1. The van der Waals surface area contributed by atoms with Crippen LogP contribution in [-0.2, 0) is 0 Å². The first-order valence-electron chi connectivity index (χ1n) is 8.89. The summed E-state index contributed by atoms with van der Waals surface area (Å²) in [5, 5.41) is 2.07. The summed E-state index contributed by atoms with van der Waals surface area (Å²) in [5.74, 6) is 1.26. The number of benzene rings is 2. The Morgan fingerprint density at radius 3 is 2.67 bits per heavy atom. The highest BCUT2D eigenvalue weighted by atomic mass is 79.9. The molecule has 0 bridgehead atoms. The lowest BCUT2D eigenvalue weighted by molar-refractivity contribution is 0.283. The highest BCUT2D eigenvalue weighted by Crippen LogP contribution is 2.32. The Morgan fingerprint density at radius 1 is 1.11 bits per heavy atom. The highest BCUT2D eigenvalue weighted by molar-refractivity contribution is 9.10. The van der Waals surface area contributed by atoms with Crippen molar-refractivity contribution in [3.63, 3.8) is 0 Å². The maximum atomic E-state index is 6.01. The molecule has 0 spiro atoms. The lowest BCUT2D eigenvalue weighted by Crippen LogP contribution is -2.24. The number of nitrogens with zero attached hydrogens (tertiary/aromatic N) is 3. The molecular formula is C21H21BrN4O. The fraction of sp³-hybridized carbons (Fsp3) is 0.238. The lowest BCUT2D eigenvalue weighted by atomic mass is 10.0. The maximum absolute atomic E-state index is 6.01. The number of fused-ring (bicyclic) bond motifs is 2. The standard InChI is InChI=1S/C21H21BrN4O/c1-26(2)17(9-10-23)20-15-8-7-14(22)12-16(15)24-21(25-20)19-11-13-5-3-4-6-18(13)27-19/h3-8,11-12,17H,9-10,23H2,1-2H3. The monoisotopic (exact) mass is 424 g/mol. The maximum Gasteiger partial charge on any atom is 0.196 e. The van der Waals surface area contributed by atoms with E-state index in [1.165, 1.54) is 0 Å². The molecule has 0 aliphatic heterocycles. The first-order chi connectivity index (χ1) is 13.1. The molecular weight excluding hydrogens is 404 g/mol. The predicted octanol–water partition coefficient (Wildman–Crippen LogP) is 4.76. The van der Waals surface area contributed by atoms with Crippen LogP contribution in [0.1, 0.15) is 18.2 Å². The van der Waals surface area contributed by atoms with Gasteiger partial charge in [-0.25, -0.2) is 9.97 Å². The molecule has 0 amide bonds. The molecule has 2 aromatic carbocycles. The number of nitrogens with two attached hydrogens (primary N) is 1. The van der Waals surface area contributed by atoms with Gasteiger partial charge in [0.15, 0.2) is 11.6 Å². The number of hydrogen-bond acceptors (Lipinski definition) is 5. The number of halogens is 1. The van der Waals surface area contributed by atoms with Gasteiger partial charge in [-0.15, -0.1) is 0 Å². The van der Waals surface area contributed by atoms with Gasteiger partial charge in [0, 0.05) is 15.2 Å². The summed E-state index contributed by atoms with van der Waals surface area (Å²) in [4.78, 5) is 11.9. The fourth-order valence-corrected chi connectivity index (χ4v) is 3.73. The molecule has 4 aromatic rings. The van der Waals surface area contributed by atoms with Crippen LogP contribution in [-0.4, -0.2) is 35.5 Å². The highest BCUT2D eigenvalue weighted by Gasteiger charge is 2.21. The molecule has 5 nitrogen and oxygen atoms in total. The topological polar surface area (TPSA) is 68.2 Å². The average molecular weight is 425 g/mol. The first kappa shape index (κ1) is 18.1. The molecule has 0 fully saturated rings. The minimum atomic E-state index is 0.102. The molecule has 138 valence electrons. The van der Waals surface area contributed by atoms with E-state index in [0.29, 0.717) is 18.1 Å². The second-order valence-corrected chi connectivity index (χ2v) is 7.71. The Bertz CT molecular complexity index is 1070. The summed E-state index contributed by atoms with van der Waals surface area (Å²) in [5.41, 5.74) is 8.56. The summed E-state index contributed by atoms with van der Waals surface area (Å²) < 4.78 is 7.00. The molecule has 4 rings (SSSR count). The van der Waals surface area contributed by atoms with Gasteiger partial charge in [0.2, 0.25) is 0 Å². The average Bonchev–Trinajstić information content (AvgIpc) is 3.09. The van der Waals surface area contributed by atoms with E-state index < -0.39 is 0 Å². The van der Waals surface area contributed by atoms with Crippen molar-refractivity contribution in [1.82, 2.24) is 14.9 Å². The molecule has 6 heteroatoms. The van der Waals surface area contributed by atoms with Crippen LogP contribution in [0, 0.1) is 0 Å². The van der Waals surface area contributed by atoms with Crippen LogP contribution in [0.3, 0.4) is 0 Å². The Morgan fingerprint density at radius 2 is 1.93 bits per heavy atom. The predicted molar refractivity (Wildman–Crippen MR) is 113 cm³/mol. The van der Waals surface area contributed by atoms with Gasteiger partial charge < -0.3 is 15.1 Å². The van der Waals surface area contributed by atoms with Crippen LogP contribution in [0.25, 0.3) is 33.5 Å². The van der Waals surface area contributed by atoms with Crippen molar-refractivity contribution in [2.75, 3.05) is 20.6 Å². The Balaban J connectivity index is 1.95. The van der Waals surface area contributed by atoms with E-state index in [9.17, 15) is 0 Å². The third-order valence-corrected chi connectivity index (χ3v) is 5.21. The van der Waals surface area contributed by atoms with Crippen molar-refractivity contribution in [3.8, 4) is 11.6 Å². The van der Waals surface area contributed by atoms with Gasteiger partial charge in [0.05, 0.1) is 17.3 Å². The minimum Gasteiger partial charge on any atom is -0.453 e. The molecule has 0 aliphatic carbocycles. The normalized spacial score (nSPS) is 12.9. The molecule has 0 radical (unpaired) electrons. The number of hydrogen-bond donors (Lipinski definition) is 1. The van der Waals surface area contributed by atoms with Gasteiger partial charge in [0.1, 0.15) is 5.58 Å². The molecule has 0 saturated carbocycles. The number of furan rings is 1. The van der Waals surface area contributed by atoms with E-state index in [1.807, 2.05) is 56.6 Å². The van der Waals surface area contributed by atoms with Crippen molar-refractivity contribution < 1.29 is 4.42 Å². The van der Waals surface area contributed by atoms with Crippen LogP contribution < -0.4 is 5.73 Å². The summed E-state index contributed by atoms with van der Waals surface area (Å²) in [7, 11) is 4.10. The van der Waals surface area contributed by atoms with Gasteiger partial charge in [-0.3, -0.25) is 0 Å². The zero-order valence-corrected chi connectivity index (χ0v) is 16.9. The summed E-state index contributed by atoms with van der Waals surface area (Å²) in [6.45, 7) is 0.588. The molecule has 1 atom stereocenters. The Hall–Kier alpha value is -2.28. The van der Waals surface area contributed by atoms with E-state index in [4.69, 9.17) is 20.1 Å². The van der Waals surface area contributed by atoms with E-state index >= 15 is 0 Å². The van der Waals surface area contributed by atoms with Crippen molar-refractivity contribution in [2.45, 2.75) is 12.5 Å². The molecule has 0 saturated heterocycles. The van der Waals surface area contributed by atoms with Crippen LogP contribution in [0.15, 0.2) is 57.4 Å². The summed E-state index contributed by atoms with van der Waals surface area (Å²) >= 11 is 3.55. The molecule has 2 N–H and O–H groups in total. The van der Waals surface area contributed by atoms with Crippen molar-refractivity contribution in [2.24, 2.45) is 5.73 Å². The SMILES string of the molecule is CN(C)C(CCN)c1nc(-c2cc3ccccc3o2)nc2cc(Br)ccc12. The smallest absolute Gasteiger partial charge is 0.196 e. The van der Waals surface area contributed by atoms with Crippen LogP contribution >= 0.6 is 15.9 Å². The fourth-order valence-electron chi connectivity index (χ4n) is 3.38. The number of para-hydroxylation sites is 1. The molecule has 27 heavy (non-hydrogen) atoms. The molecule has 2 heterocycles. The van der Waals surface area contributed by atoms with Crippen LogP contribution in [0.2, 0.25) is 0 Å². The molecule has 1 unspecified atom stereocenters. The van der Waals surface area contributed by atoms with Crippen LogP contribution in [0.4, 0.5) is 0 Å². The third kappa shape index (κ3) is 3.48. The van der Waals surface area contributed by atoms with Crippen molar-refractivity contribution in [3.05, 3.63) is 58.7 Å². The second kappa shape index (κ2) is 7.38. The lowest BCUT2D eigenvalue weighted by Gasteiger charge is -2.24. The quantitative estimate of drug-likeness (QED) is 0.500. The van der Waals surface area contributed by atoms with E-state index in [1.54, 1.807) is 0 Å². The van der Waals surface area contributed by atoms with Crippen LogP contribution in [0.5, 0.6) is 0 Å². The van der Waals surface area contributed by atoms with Gasteiger partial charge >= 0.3 is 0 Å². The number of aromatic nitrogens is 2. The second-order valence-electron chi connectivity index (χ2n) is 6.80. The van der Waals surface area contributed by atoms with E-state index in [2.05, 4.69) is 26.9 Å².